The molecule has 0 atom stereocenters. The Bertz CT molecular complexity index is 807. The Kier molecular flexibility index (Phi) is 3.02. The van der Waals surface area contributed by atoms with E-state index in [2.05, 4.69) is 5.32 Å². The van der Waals surface area contributed by atoms with Crippen molar-refractivity contribution in [3.8, 4) is 0 Å². The van der Waals surface area contributed by atoms with E-state index in [9.17, 15) is 19.2 Å². The topological polar surface area (TPSA) is 96.7 Å². The number of hydrogen-bond acceptors (Lipinski definition) is 5. The van der Waals surface area contributed by atoms with Crippen LogP contribution in [0.1, 0.15) is 10.6 Å². The average Bonchev–Trinajstić information content (AvgIpc) is 2.45. The van der Waals surface area contributed by atoms with Crippen LogP contribution in [-0.4, -0.2) is 35.7 Å². The SMILES string of the molecule is O=C1CN(C(=O)c2cc(=O)c3ccccc3o2)CC(=O)N1. The van der Waals surface area contributed by atoms with E-state index < -0.39 is 17.7 Å². The van der Waals surface area contributed by atoms with Crippen molar-refractivity contribution in [2.24, 2.45) is 0 Å². The highest BCUT2D eigenvalue weighted by Gasteiger charge is 2.28. The van der Waals surface area contributed by atoms with E-state index >= 15 is 0 Å². The second kappa shape index (κ2) is 4.86. The predicted molar refractivity (Wildman–Crippen MR) is 71.5 cm³/mol. The molecule has 106 valence electrons. The molecule has 0 radical (unpaired) electrons. The van der Waals surface area contributed by atoms with Crippen molar-refractivity contribution in [3.63, 3.8) is 0 Å². The largest absolute Gasteiger partial charge is 0.451 e. The molecule has 3 rings (SSSR count). The molecule has 1 aliphatic heterocycles. The van der Waals surface area contributed by atoms with Crippen LogP contribution >= 0.6 is 0 Å². The van der Waals surface area contributed by atoms with Gasteiger partial charge in [-0.1, -0.05) is 12.1 Å². The van der Waals surface area contributed by atoms with Gasteiger partial charge in [-0.25, -0.2) is 0 Å². The third-order valence-corrected chi connectivity index (χ3v) is 3.08. The summed E-state index contributed by atoms with van der Waals surface area (Å²) < 4.78 is 5.39. The van der Waals surface area contributed by atoms with E-state index in [1.165, 1.54) is 0 Å². The van der Waals surface area contributed by atoms with Crippen molar-refractivity contribution >= 4 is 28.7 Å². The summed E-state index contributed by atoms with van der Waals surface area (Å²) in [4.78, 5) is 47.8. The van der Waals surface area contributed by atoms with Gasteiger partial charge in [0.05, 0.1) is 5.39 Å². The van der Waals surface area contributed by atoms with Crippen molar-refractivity contribution in [2.45, 2.75) is 0 Å². The number of fused-ring (bicyclic) bond motifs is 1. The minimum atomic E-state index is -0.666. The Balaban J connectivity index is 2.00. The minimum absolute atomic E-state index is 0.193. The van der Waals surface area contributed by atoms with Crippen LogP contribution in [0, 0.1) is 0 Å². The molecular formula is C14H10N2O5. The molecule has 0 bridgehead atoms. The molecule has 0 aliphatic carbocycles. The lowest BCUT2D eigenvalue weighted by Crippen LogP contribution is -2.53. The molecule has 1 aromatic heterocycles. The highest BCUT2D eigenvalue weighted by Crippen LogP contribution is 2.13. The van der Waals surface area contributed by atoms with E-state index in [1.807, 2.05) is 0 Å². The summed E-state index contributed by atoms with van der Waals surface area (Å²) >= 11 is 0. The monoisotopic (exact) mass is 286 g/mol. The highest BCUT2D eigenvalue weighted by molar-refractivity contribution is 6.05. The number of nitrogens with zero attached hydrogens (tertiary/aromatic N) is 1. The zero-order chi connectivity index (χ0) is 15.0. The van der Waals surface area contributed by atoms with Crippen LogP contribution in [0.4, 0.5) is 0 Å². The second-order valence-corrected chi connectivity index (χ2v) is 4.60. The lowest BCUT2D eigenvalue weighted by atomic mass is 10.2. The van der Waals surface area contributed by atoms with Crippen LogP contribution in [0.2, 0.25) is 0 Å². The van der Waals surface area contributed by atoms with Gasteiger partial charge in [0.2, 0.25) is 11.8 Å². The summed E-state index contributed by atoms with van der Waals surface area (Å²) in [6.45, 7) is -0.498. The van der Waals surface area contributed by atoms with Gasteiger partial charge in [-0.15, -0.1) is 0 Å². The summed E-state index contributed by atoms with van der Waals surface area (Å²) in [6.07, 6.45) is 0. The van der Waals surface area contributed by atoms with Gasteiger partial charge in [-0.3, -0.25) is 24.5 Å². The van der Waals surface area contributed by atoms with Crippen molar-refractivity contribution in [1.82, 2.24) is 10.2 Å². The van der Waals surface area contributed by atoms with Crippen LogP contribution in [0.3, 0.4) is 0 Å². The first-order valence-corrected chi connectivity index (χ1v) is 6.19. The van der Waals surface area contributed by atoms with Gasteiger partial charge < -0.3 is 9.32 Å². The highest BCUT2D eigenvalue weighted by atomic mass is 16.3. The molecule has 0 spiro atoms. The molecule has 2 heterocycles. The van der Waals surface area contributed by atoms with Crippen LogP contribution in [0.5, 0.6) is 0 Å². The van der Waals surface area contributed by atoms with E-state index in [-0.39, 0.29) is 29.9 Å². The summed E-state index contributed by atoms with van der Waals surface area (Å²) in [5, 5.41) is 2.46. The number of carbonyl (C=O) groups excluding carboxylic acids is 3. The van der Waals surface area contributed by atoms with Gasteiger partial charge in [0.1, 0.15) is 18.7 Å². The maximum atomic E-state index is 12.2. The quantitative estimate of drug-likeness (QED) is 0.738. The summed E-state index contributed by atoms with van der Waals surface area (Å²) in [7, 11) is 0. The van der Waals surface area contributed by atoms with Gasteiger partial charge in [-0.05, 0) is 12.1 Å². The van der Waals surface area contributed by atoms with Gasteiger partial charge in [0.25, 0.3) is 5.91 Å². The van der Waals surface area contributed by atoms with Crippen molar-refractivity contribution in [2.75, 3.05) is 13.1 Å². The summed E-state index contributed by atoms with van der Waals surface area (Å²) in [5.41, 5.74) is -0.0749. The number of benzene rings is 1. The van der Waals surface area contributed by atoms with Gasteiger partial charge in [0.15, 0.2) is 11.2 Å². The molecule has 21 heavy (non-hydrogen) atoms. The molecule has 0 saturated carbocycles. The van der Waals surface area contributed by atoms with E-state index in [0.29, 0.717) is 5.39 Å². The number of nitrogens with one attached hydrogen (secondary N) is 1. The van der Waals surface area contributed by atoms with Crippen LogP contribution in [0.25, 0.3) is 11.0 Å². The maximum absolute atomic E-state index is 12.2. The fraction of sp³-hybridized carbons (Fsp3) is 0.143. The third-order valence-electron chi connectivity index (χ3n) is 3.08. The molecule has 1 N–H and O–H groups in total. The standard InChI is InChI=1S/C14H10N2O5/c17-9-5-11(21-10-4-2-1-3-8(9)10)14(20)16-6-12(18)15-13(19)7-16/h1-5H,6-7H2,(H,15,18,19). The predicted octanol–water partition coefficient (Wildman–Crippen LogP) is -0.108. The Morgan fingerprint density at radius 2 is 1.76 bits per heavy atom. The molecule has 1 aromatic carbocycles. The van der Waals surface area contributed by atoms with E-state index in [4.69, 9.17) is 4.42 Å². The lowest BCUT2D eigenvalue weighted by Gasteiger charge is -2.24. The number of amides is 3. The Hall–Kier alpha value is -2.96. The lowest BCUT2D eigenvalue weighted by molar-refractivity contribution is -0.135. The average molecular weight is 286 g/mol. The van der Waals surface area contributed by atoms with Crippen LogP contribution < -0.4 is 10.7 Å². The first-order valence-electron chi connectivity index (χ1n) is 6.19. The number of rotatable bonds is 1. The van der Waals surface area contributed by atoms with E-state index in [1.54, 1.807) is 24.3 Å². The molecule has 7 nitrogen and oxygen atoms in total. The van der Waals surface area contributed by atoms with Crippen LogP contribution in [-0.2, 0) is 9.59 Å². The van der Waals surface area contributed by atoms with E-state index in [0.717, 1.165) is 11.0 Å². The molecule has 7 heteroatoms. The fourth-order valence-electron chi connectivity index (χ4n) is 2.15. The van der Waals surface area contributed by atoms with Crippen LogP contribution in [0.15, 0.2) is 39.5 Å². The molecule has 3 amide bonds. The number of piperazine rings is 1. The van der Waals surface area contributed by atoms with Crippen molar-refractivity contribution in [1.29, 1.82) is 0 Å². The molecule has 2 aromatic rings. The smallest absolute Gasteiger partial charge is 0.290 e. The van der Waals surface area contributed by atoms with Crippen molar-refractivity contribution < 1.29 is 18.8 Å². The zero-order valence-electron chi connectivity index (χ0n) is 10.8. The number of carbonyl (C=O) groups is 3. The second-order valence-electron chi connectivity index (χ2n) is 4.60. The summed E-state index contributed by atoms with van der Waals surface area (Å²) in [6, 6.07) is 7.60. The molecule has 1 saturated heterocycles. The molecule has 0 unspecified atom stereocenters. The Morgan fingerprint density at radius 3 is 2.48 bits per heavy atom. The number of para-hydroxylation sites is 1. The van der Waals surface area contributed by atoms with Gasteiger partial charge in [-0.2, -0.15) is 0 Å². The van der Waals surface area contributed by atoms with Gasteiger partial charge in [0, 0.05) is 6.07 Å². The Labute approximate surface area is 118 Å². The molecular weight excluding hydrogens is 276 g/mol. The normalized spacial score (nSPS) is 15.1. The maximum Gasteiger partial charge on any atom is 0.290 e. The summed E-state index contributed by atoms with van der Waals surface area (Å²) in [5.74, 6) is -1.99. The minimum Gasteiger partial charge on any atom is -0.451 e. The number of imide groups is 1. The molecule has 1 fully saturated rings. The first kappa shape index (κ1) is 13.0. The van der Waals surface area contributed by atoms with Crippen molar-refractivity contribution in [3.05, 3.63) is 46.3 Å². The first-order chi connectivity index (χ1) is 10.0. The zero-order valence-corrected chi connectivity index (χ0v) is 10.8. The Morgan fingerprint density at radius 1 is 1.10 bits per heavy atom. The number of hydrogen-bond donors (Lipinski definition) is 1. The molecule has 1 aliphatic rings. The van der Waals surface area contributed by atoms with Gasteiger partial charge >= 0.3 is 0 Å². The third kappa shape index (κ3) is 2.40. The fourth-order valence-corrected chi connectivity index (χ4v) is 2.15.